The van der Waals surface area contributed by atoms with Crippen molar-refractivity contribution < 1.29 is 9.53 Å². The van der Waals surface area contributed by atoms with Gasteiger partial charge in [0.25, 0.3) is 0 Å². The topological polar surface area (TPSA) is 55.0 Å². The van der Waals surface area contributed by atoms with Gasteiger partial charge in [0, 0.05) is 6.20 Å². The molecule has 0 spiro atoms. The zero-order valence-electron chi connectivity index (χ0n) is 5.63. The van der Waals surface area contributed by atoms with Gasteiger partial charge in [-0.1, -0.05) is 0 Å². The summed E-state index contributed by atoms with van der Waals surface area (Å²) in [6, 6.07) is 1.73. The van der Waals surface area contributed by atoms with Gasteiger partial charge in [-0.25, -0.2) is 0 Å². The van der Waals surface area contributed by atoms with Gasteiger partial charge in [0.1, 0.15) is 0 Å². The first-order valence-corrected chi connectivity index (χ1v) is 2.88. The van der Waals surface area contributed by atoms with Crippen molar-refractivity contribution in [3.05, 3.63) is 18.0 Å². The molecule has 0 unspecified atom stereocenters. The van der Waals surface area contributed by atoms with Gasteiger partial charge in [-0.3, -0.25) is 9.89 Å². The Morgan fingerprint density at radius 3 is 3.20 bits per heavy atom. The monoisotopic (exact) mass is 140 g/mol. The van der Waals surface area contributed by atoms with Crippen molar-refractivity contribution in [1.82, 2.24) is 10.2 Å². The highest BCUT2D eigenvalue weighted by Gasteiger charge is 2.02. The average Bonchev–Trinajstić information content (AvgIpc) is 2.40. The Morgan fingerprint density at radius 2 is 2.70 bits per heavy atom. The van der Waals surface area contributed by atoms with Crippen LogP contribution in [-0.2, 0) is 16.0 Å². The maximum Gasteiger partial charge on any atom is 0.311 e. The van der Waals surface area contributed by atoms with Gasteiger partial charge in [0.15, 0.2) is 0 Å². The maximum atomic E-state index is 10.6. The van der Waals surface area contributed by atoms with Gasteiger partial charge in [-0.05, 0) is 6.07 Å². The fraction of sp³-hybridized carbons (Fsp3) is 0.333. The quantitative estimate of drug-likeness (QED) is 0.594. The van der Waals surface area contributed by atoms with E-state index >= 15 is 0 Å². The minimum atomic E-state index is -0.271. The number of rotatable bonds is 2. The molecule has 1 heterocycles. The minimum absolute atomic E-state index is 0.236. The lowest BCUT2D eigenvalue weighted by molar-refractivity contribution is -0.139. The summed E-state index contributed by atoms with van der Waals surface area (Å²) in [4.78, 5) is 10.6. The second-order valence-corrected chi connectivity index (χ2v) is 1.82. The first-order chi connectivity index (χ1) is 4.83. The van der Waals surface area contributed by atoms with Crippen LogP contribution in [0.15, 0.2) is 12.3 Å². The van der Waals surface area contributed by atoms with Crippen LogP contribution in [0.1, 0.15) is 5.69 Å². The molecule has 0 radical (unpaired) electrons. The standard InChI is InChI=1S/C6H8N2O2/c1-10-6(9)4-5-2-3-7-8-5/h2-3H,4H2,1H3,(H,7,8). The number of methoxy groups -OCH3 is 1. The summed E-state index contributed by atoms with van der Waals surface area (Å²) in [5, 5.41) is 6.38. The Balaban J connectivity index is 2.48. The number of esters is 1. The number of H-pyrrole nitrogens is 1. The molecule has 10 heavy (non-hydrogen) atoms. The molecule has 0 fully saturated rings. The molecule has 4 nitrogen and oxygen atoms in total. The lowest BCUT2D eigenvalue weighted by Gasteiger charge is -1.92. The molecular weight excluding hydrogens is 132 g/mol. The van der Waals surface area contributed by atoms with Crippen LogP contribution in [0.2, 0.25) is 0 Å². The van der Waals surface area contributed by atoms with Crippen LogP contribution in [0, 0.1) is 0 Å². The van der Waals surface area contributed by atoms with E-state index in [2.05, 4.69) is 14.9 Å². The summed E-state index contributed by atoms with van der Waals surface area (Å²) < 4.78 is 4.43. The molecule has 0 aliphatic heterocycles. The van der Waals surface area contributed by atoms with Crippen LogP contribution in [0.5, 0.6) is 0 Å². The van der Waals surface area contributed by atoms with Gasteiger partial charge >= 0.3 is 5.97 Å². The fourth-order valence-corrected chi connectivity index (χ4v) is 0.609. The molecule has 0 bridgehead atoms. The molecule has 0 aliphatic rings. The molecule has 1 N–H and O–H groups in total. The van der Waals surface area contributed by atoms with Gasteiger partial charge in [-0.2, -0.15) is 5.10 Å². The Bertz CT molecular complexity index is 206. The van der Waals surface area contributed by atoms with Gasteiger partial charge in [0.05, 0.1) is 19.2 Å². The molecule has 4 heteroatoms. The molecule has 0 atom stereocenters. The summed E-state index contributed by atoms with van der Waals surface area (Å²) in [7, 11) is 1.36. The second-order valence-electron chi connectivity index (χ2n) is 1.82. The van der Waals surface area contributed by atoms with E-state index in [1.165, 1.54) is 7.11 Å². The highest BCUT2D eigenvalue weighted by Crippen LogP contribution is 1.93. The second kappa shape index (κ2) is 3.00. The van der Waals surface area contributed by atoms with E-state index in [0.29, 0.717) is 5.69 Å². The molecule has 0 aromatic carbocycles. The lowest BCUT2D eigenvalue weighted by atomic mass is 10.3. The average molecular weight is 140 g/mol. The summed E-state index contributed by atoms with van der Waals surface area (Å²) in [6.07, 6.45) is 1.90. The molecule has 0 saturated heterocycles. The number of aromatic nitrogens is 2. The Morgan fingerprint density at radius 1 is 1.90 bits per heavy atom. The largest absolute Gasteiger partial charge is 0.469 e. The summed E-state index contributed by atoms with van der Waals surface area (Å²) >= 11 is 0. The van der Waals surface area contributed by atoms with Crippen molar-refractivity contribution in [1.29, 1.82) is 0 Å². The predicted octanol–water partition coefficient (Wildman–Crippen LogP) is 0.125. The van der Waals surface area contributed by atoms with E-state index in [-0.39, 0.29) is 12.4 Å². The molecule has 0 amide bonds. The first-order valence-electron chi connectivity index (χ1n) is 2.88. The molecule has 1 aromatic heterocycles. The van der Waals surface area contributed by atoms with Crippen molar-refractivity contribution in [3.63, 3.8) is 0 Å². The summed E-state index contributed by atoms with van der Waals surface area (Å²) in [5.41, 5.74) is 0.701. The van der Waals surface area contributed by atoms with Crippen LogP contribution >= 0.6 is 0 Å². The number of aromatic amines is 1. The summed E-state index contributed by atoms with van der Waals surface area (Å²) in [5.74, 6) is -0.271. The number of ether oxygens (including phenoxy) is 1. The van der Waals surface area contributed by atoms with Crippen LogP contribution < -0.4 is 0 Å². The fourth-order valence-electron chi connectivity index (χ4n) is 0.609. The molecule has 54 valence electrons. The van der Waals surface area contributed by atoms with Crippen LogP contribution in [-0.4, -0.2) is 23.3 Å². The number of hydrogen-bond donors (Lipinski definition) is 1. The maximum absolute atomic E-state index is 10.6. The Hall–Kier alpha value is -1.32. The van der Waals surface area contributed by atoms with E-state index in [1.807, 2.05) is 0 Å². The van der Waals surface area contributed by atoms with Gasteiger partial charge in [0.2, 0.25) is 0 Å². The number of nitrogens with zero attached hydrogens (tertiary/aromatic N) is 1. The van der Waals surface area contributed by atoms with E-state index in [9.17, 15) is 4.79 Å². The lowest BCUT2D eigenvalue weighted by Crippen LogP contribution is -2.04. The van der Waals surface area contributed by atoms with Crippen molar-refractivity contribution in [3.8, 4) is 0 Å². The zero-order valence-corrected chi connectivity index (χ0v) is 5.63. The third-order valence-corrected chi connectivity index (χ3v) is 1.11. The third kappa shape index (κ3) is 1.58. The van der Waals surface area contributed by atoms with Crippen molar-refractivity contribution in [2.45, 2.75) is 6.42 Å². The van der Waals surface area contributed by atoms with Crippen molar-refractivity contribution in [2.75, 3.05) is 7.11 Å². The van der Waals surface area contributed by atoms with Crippen molar-refractivity contribution in [2.24, 2.45) is 0 Å². The summed E-state index contributed by atoms with van der Waals surface area (Å²) in [6.45, 7) is 0. The molecule has 0 aliphatic carbocycles. The normalized spacial score (nSPS) is 9.30. The Labute approximate surface area is 58.2 Å². The van der Waals surface area contributed by atoms with Gasteiger partial charge < -0.3 is 4.74 Å². The number of nitrogens with one attached hydrogen (secondary N) is 1. The smallest absolute Gasteiger partial charge is 0.311 e. The van der Waals surface area contributed by atoms with Crippen LogP contribution in [0.25, 0.3) is 0 Å². The number of hydrogen-bond acceptors (Lipinski definition) is 3. The predicted molar refractivity (Wildman–Crippen MR) is 34.3 cm³/mol. The van der Waals surface area contributed by atoms with E-state index in [0.717, 1.165) is 0 Å². The SMILES string of the molecule is COC(=O)Cc1cc[nH]n1. The Kier molecular flexibility index (Phi) is 2.04. The number of carbonyl (C=O) groups excluding carboxylic acids is 1. The van der Waals surface area contributed by atoms with Gasteiger partial charge in [-0.15, -0.1) is 0 Å². The zero-order chi connectivity index (χ0) is 7.40. The molecule has 1 aromatic rings. The molecule has 0 saturated carbocycles. The molecule has 1 rings (SSSR count). The number of carbonyl (C=O) groups is 1. The van der Waals surface area contributed by atoms with Crippen LogP contribution in [0.3, 0.4) is 0 Å². The highest BCUT2D eigenvalue weighted by molar-refractivity contribution is 5.71. The van der Waals surface area contributed by atoms with Crippen LogP contribution in [0.4, 0.5) is 0 Å². The van der Waals surface area contributed by atoms with Crippen molar-refractivity contribution >= 4 is 5.97 Å². The van der Waals surface area contributed by atoms with E-state index in [1.54, 1.807) is 12.3 Å². The molecular formula is C6H8N2O2. The van der Waals surface area contributed by atoms with E-state index < -0.39 is 0 Å². The minimum Gasteiger partial charge on any atom is -0.469 e. The van der Waals surface area contributed by atoms with E-state index in [4.69, 9.17) is 0 Å². The first kappa shape index (κ1) is 6.80. The highest BCUT2D eigenvalue weighted by atomic mass is 16.5. The third-order valence-electron chi connectivity index (χ3n) is 1.11.